The average Bonchev–Trinajstić information content (AvgIpc) is 2.87. The van der Waals surface area contributed by atoms with Crippen LogP contribution in [0.3, 0.4) is 0 Å². The number of thiazole rings is 1. The lowest BCUT2D eigenvalue weighted by Crippen LogP contribution is -2.44. The Morgan fingerprint density at radius 3 is 3.11 bits per heavy atom. The number of methoxy groups -OCH3 is 1. The Hall–Kier alpha value is -1.02. The van der Waals surface area contributed by atoms with Crippen molar-refractivity contribution in [2.75, 3.05) is 26.8 Å². The first-order valence-electron chi connectivity index (χ1n) is 6.18. The van der Waals surface area contributed by atoms with Gasteiger partial charge in [0.1, 0.15) is 6.61 Å². The molecule has 2 N–H and O–H groups in total. The van der Waals surface area contributed by atoms with Crippen LogP contribution in [0.15, 0.2) is 5.38 Å². The van der Waals surface area contributed by atoms with Crippen molar-refractivity contribution in [3.63, 3.8) is 0 Å². The number of amides is 1. The number of likely N-dealkylation sites (tertiary alicyclic amines) is 1. The molecule has 2 heterocycles. The highest BCUT2D eigenvalue weighted by atomic mass is 32.1. The summed E-state index contributed by atoms with van der Waals surface area (Å²) in [6.45, 7) is 3.88. The van der Waals surface area contributed by atoms with E-state index < -0.39 is 6.10 Å². The van der Waals surface area contributed by atoms with Crippen molar-refractivity contribution in [3.05, 3.63) is 16.1 Å². The molecule has 1 fully saturated rings. The van der Waals surface area contributed by atoms with E-state index in [1.165, 1.54) is 7.11 Å². The summed E-state index contributed by atoms with van der Waals surface area (Å²) in [5, 5.41) is 15.8. The average molecular weight is 285 g/mol. The monoisotopic (exact) mass is 285 g/mol. The van der Waals surface area contributed by atoms with Crippen LogP contribution in [-0.4, -0.2) is 59.8 Å². The Morgan fingerprint density at radius 1 is 1.68 bits per heavy atom. The fourth-order valence-corrected chi connectivity index (χ4v) is 2.83. The smallest absolute Gasteiger partial charge is 0.246 e. The molecular weight excluding hydrogens is 266 g/mol. The number of aryl methyl sites for hydroxylation is 1. The molecule has 7 heteroatoms. The van der Waals surface area contributed by atoms with Gasteiger partial charge in [-0.25, -0.2) is 4.98 Å². The van der Waals surface area contributed by atoms with E-state index >= 15 is 0 Å². The summed E-state index contributed by atoms with van der Waals surface area (Å²) < 4.78 is 4.76. The number of carbonyl (C=O) groups excluding carboxylic acids is 1. The number of aromatic nitrogens is 1. The van der Waals surface area contributed by atoms with Gasteiger partial charge in [0.2, 0.25) is 5.91 Å². The molecule has 1 aliphatic rings. The minimum absolute atomic E-state index is 0.0223. The van der Waals surface area contributed by atoms with Crippen molar-refractivity contribution in [1.29, 1.82) is 0 Å². The second kappa shape index (κ2) is 6.42. The molecule has 1 amide bonds. The third-order valence-electron chi connectivity index (χ3n) is 3.04. The maximum absolute atomic E-state index is 11.4. The Morgan fingerprint density at radius 2 is 2.47 bits per heavy atom. The molecule has 0 aromatic carbocycles. The summed E-state index contributed by atoms with van der Waals surface area (Å²) in [5.41, 5.74) is 1.01. The maximum atomic E-state index is 11.4. The van der Waals surface area contributed by atoms with Crippen molar-refractivity contribution in [3.8, 4) is 0 Å². The molecule has 0 unspecified atom stereocenters. The fraction of sp³-hybridized carbons (Fsp3) is 0.667. The fourth-order valence-electron chi connectivity index (χ4n) is 2.23. The Kier molecular flexibility index (Phi) is 4.87. The van der Waals surface area contributed by atoms with Crippen molar-refractivity contribution < 1.29 is 14.6 Å². The largest absolute Gasteiger partial charge is 0.390 e. The first kappa shape index (κ1) is 14.4. The number of rotatable bonds is 5. The minimum Gasteiger partial charge on any atom is -0.390 e. The number of β-amino-alcohol motifs (C(OH)–C–C–N with tert-alkyl or cyclic N) is 1. The van der Waals surface area contributed by atoms with E-state index in [9.17, 15) is 9.90 Å². The van der Waals surface area contributed by atoms with Crippen molar-refractivity contribution >= 4 is 17.2 Å². The van der Waals surface area contributed by atoms with E-state index in [1.54, 1.807) is 11.3 Å². The first-order chi connectivity index (χ1) is 9.08. The topological polar surface area (TPSA) is 74.7 Å². The summed E-state index contributed by atoms with van der Waals surface area (Å²) in [6, 6.07) is -0.234. The van der Waals surface area contributed by atoms with Crippen LogP contribution in [0.5, 0.6) is 0 Å². The molecule has 106 valence electrons. The highest BCUT2D eigenvalue weighted by Gasteiger charge is 2.32. The van der Waals surface area contributed by atoms with Crippen LogP contribution in [0.1, 0.15) is 10.7 Å². The van der Waals surface area contributed by atoms with Gasteiger partial charge < -0.3 is 15.2 Å². The maximum Gasteiger partial charge on any atom is 0.246 e. The molecule has 2 rings (SSSR count). The number of aliphatic hydroxyl groups excluding tert-OH is 1. The lowest BCUT2D eigenvalue weighted by molar-refractivity contribution is -0.125. The van der Waals surface area contributed by atoms with Gasteiger partial charge in [0.05, 0.1) is 22.8 Å². The molecule has 0 saturated carbocycles. The van der Waals surface area contributed by atoms with Gasteiger partial charge in [-0.2, -0.15) is 0 Å². The minimum atomic E-state index is -0.541. The summed E-state index contributed by atoms with van der Waals surface area (Å²) in [6.07, 6.45) is -0.541. The molecular formula is C12H19N3O3S. The van der Waals surface area contributed by atoms with Gasteiger partial charge in [-0.05, 0) is 6.92 Å². The van der Waals surface area contributed by atoms with Gasteiger partial charge in [-0.1, -0.05) is 0 Å². The van der Waals surface area contributed by atoms with Crippen LogP contribution >= 0.6 is 11.3 Å². The molecule has 19 heavy (non-hydrogen) atoms. The Bertz CT molecular complexity index is 438. The number of nitrogens with zero attached hydrogens (tertiary/aromatic N) is 2. The van der Waals surface area contributed by atoms with E-state index in [0.29, 0.717) is 19.6 Å². The zero-order valence-electron chi connectivity index (χ0n) is 11.1. The third-order valence-corrected chi connectivity index (χ3v) is 3.86. The number of hydrogen-bond donors (Lipinski definition) is 2. The molecule has 1 aromatic rings. The van der Waals surface area contributed by atoms with Gasteiger partial charge in [0, 0.05) is 32.1 Å². The number of ether oxygens (including phenoxy) is 1. The molecule has 2 atom stereocenters. The summed E-state index contributed by atoms with van der Waals surface area (Å²) in [5.74, 6) is -0.196. The molecule has 1 aromatic heterocycles. The number of hydrogen-bond acceptors (Lipinski definition) is 6. The summed E-state index contributed by atoms with van der Waals surface area (Å²) in [4.78, 5) is 17.9. The SMILES string of the molecule is COCC(=O)N[C@@H]1CN(Cc2csc(C)n2)C[C@H]1O. The number of aliphatic hydroxyl groups is 1. The van der Waals surface area contributed by atoms with E-state index in [2.05, 4.69) is 15.2 Å². The lowest BCUT2D eigenvalue weighted by Gasteiger charge is -2.15. The van der Waals surface area contributed by atoms with Crippen molar-refractivity contribution in [2.24, 2.45) is 0 Å². The highest BCUT2D eigenvalue weighted by Crippen LogP contribution is 2.16. The second-order valence-corrected chi connectivity index (χ2v) is 5.79. The molecule has 0 spiro atoms. The summed E-state index contributed by atoms with van der Waals surface area (Å²) in [7, 11) is 1.47. The number of nitrogens with one attached hydrogen (secondary N) is 1. The van der Waals surface area contributed by atoms with Crippen LogP contribution in [0.2, 0.25) is 0 Å². The van der Waals surface area contributed by atoms with Crippen LogP contribution in [0.4, 0.5) is 0 Å². The highest BCUT2D eigenvalue weighted by molar-refractivity contribution is 7.09. The van der Waals surface area contributed by atoms with Gasteiger partial charge in [-0.3, -0.25) is 9.69 Å². The van der Waals surface area contributed by atoms with Crippen LogP contribution < -0.4 is 5.32 Å². The summed E-state index contributed by atoms with van der Waals surface area (Å²) >= 11 is 1.62. The van der Waals surface area contributed by atoms with Crippen LogP contribution in [-0.2, 0) is 16.1 Å². The Labute approximate surface area is 116 Å². The number of carbonyl (C=O) groups is 1. The molecule has 0 aliphatic carbocycles. The predicted octanol–water partition coefficient (Wildman–Crippen LogP) is -0.241. The van der Waals surface area contributed by atoms with Gasteiger partial charge in [0.25, 0.3) is 0 Å². The first-order valence-corrected chi connectivity index (χ1v) is 7.06. The van der Waals surface area contributed by atoms with E-state index in [1.807, 2.05) is 12.3 Å². The molecule has 1 aliphatic heterocycles. The molecule has 1 saturated heterocycles. The zero-order chi connectivity index (χ0) is 13.8. The van der Waals surface area contributed by atoms with Gasteiger partial charge in [-0.15, -0.1) is 11.3 Å². The van der Waals surface area contributed by atoms with E-state index in [-0.39, 0.29) is 18.6 Å². The molecule has 6 nitrogen and oxygen atoms in total. The Balaban J connectivity index is 1.84. The molecule has 0 bridgehead atoms. The third kappa shape index (κ3) is 3.97. The van der Waals surface area contributed by atoms with Crippen molar-refractivity contribution in [1.82, 2.24) is 15.2 Å². The van der Waals surface area contributed by atoms with Gasteiger partial charge >= 0.3 is 0 Å². The zero-order valence-corrected chi connectivity index (χ0v) is 11.9. The normalized spacial score (nSPS) is 23.7. The lowest BCUT2D eigenvalue weighted by atomic mass is 10.2. The molecule has 0 radical (unpaired) electrons. The van der Waals surface area contributed by atoms with E-state index in [4.69, 9.17) is 4.74 Å². The van der Waals surface area contributed by atoms with Gasteiger partial charge in [0.15, 0.2) is 0 Å². The quantitative estimate of drug-likeness (QED) is 0.781. The standard InChI is InChI=1S/C12H19N3O3S/c1-8-13-9(7-19-8)3-15-4-10(11(16)5-15)14-12(17)6-18-2/h7,10-11,16H,3-6H2,1-2H3,(H,14,17)/t10-,11-/m1/s1. The second-order valence-electron chi connectivity index (χ2n) is 4.73. The van der Waals surface area contributed by atoms with Crippen molar-refractivity contribution in [2.45, 2.75) is 25.6 Å². The van der Waals surface area contributed by atoms with E-state index in [0.717, 1.165) is 10.7 Å². The predicted molar refractivity (Wildman–Crippen MR) is 71.9 cm³/mol. The van der Waals surface area contributed by atoms with Crippen LogP contribution in [0.25, 0.3) is 0 Å². The van der Waals surface area contributed by atoms with Crippen LogP contribution in [0, 0.1) is 6.92 Å².